The Bertz CT molecular complexity index is 1810. The van der Waals surface area contributed by atoms with E-state index in [9.17, 15) is 91.9 Å². The van der Waals surface area contributed by atoms with Crippen molar-refractivity contribution in [1.29, 1.82) is 0 Å². The highest BCUT2D eigenvalue weighted by Crippen LogP contribution is 2.07. The van der Waals surface area contributed by atoms with E-state index in [1.807, 2.05) is 24.5 Å². The SMILES string of the molecule is CN(CCN(CCO)CCO)CCN(CCN(CCO)CCCO)CCN(CCN(CCO)CCN(CCN(CCO)CCO)CCN(CCO)CCN(CCO)CCO)CCN(CCO)CCN(CCN(CCO)CCN(CCO)CCO)CCN(CCNCCN(CCO)CCO)CCN(CCO)CCO. The van der Waals surface area contributed by atoms with Gasteiger partial charge >= 0.3 is 0 Å². The van der Waals surface area contributed by atoms with E-state index in [0.717, 1.165) is 19.6 Å². The summed E-state index contributed by atoms with van der Waals surface area (Å²) in [6.07, 6.45) is 0.581. The molecule has 0 aliphatic rings. The molecular formula is C72H164N18O18. The molecule has 0 amide bonds. The maximum Gasteiger partial charge on any atom is 0.0558 e. The lowest BCUT2D eigenvalue weighted by atomic mass is 10.3. The molecule has 0 aromatic heterocycles. The zero-order valence-corrected chi connectivity index (χ0v) is 67.4. The summed E-state index contributed by atoms with van der Waals surface area (Å²) in [7, 11) is 2.08. The van der Waals surface area contributed by atoms with Gasteiger partial charge in [-0.1, -0.05) is 0 Å². The van der Waals surface area contributed by atoms with Crippen LogP contribution in [0.2, 0.25) is 0 Å². The van der Waals surface area contributed by atoms with E-state index in [4.69, 9.17) is 0 Å². The summed E-state index contributed by atoms with van der Waals surface area (Å²) in [6.45, 7) is 29.8. The lowest BCUT2D eigenvalue weighted by Gasteiger charge is -2.35. The van der Waals surface area contributed by atoms with Crippen LogP contribution in [-0.4, -0.2) is 642 Å². The van der Waals surface area contributed by atoms with Crippen molar-refractivity contribution in [3.8, 4) is 0 Å². The minimum Gasteiger partial charge on any atom is -0.396 e. The quantitative estimate of drug-likeness (QED) is 0.0251. The number of likely N-dealkylation sites (N-methyl/N-ethyl adjacent to an activating group) is 1. The van der Waals surface area contributed by atoms with Crippen molar-refractivity contribution in [3.05, 3.63) is 0 Å². The Labute approximate surface area is 650 Å². The predicted molar refractivity (Wildman–Crippen MR) is 426 cm³/mol. The lowest BCUT2D eigenvalue weighted by Crippen LogP contribution is -2.49. The molecule has 0 saturated heterocycles. The normalized spacial score (nSPS) is 12.8. The first-order chi connectivity index (χ1) is 52.7. The van der Waals surface area contributed by atoms with Crippen LogP contribution >= 0.6 is 0 Å². The van der Waals surface area contributed by atoms with E-state index >= 15 is 0 Å². The first-order valence-electron chi connectivity index (χ1n) is 40.7. The van der Waals surface area contributed by atoms with E-state index < -0.39 is 0 Å². The van der Waals surface area contributed by atoms with Gasteiger partial charge in [-0.2, -0.15) is 0 Å². The summed E-state index contributed by atoms with van der Waals surface area (Å²) in [4.78, 5) is 37.7. The Morgan fingerprint density at radius 3 is 0.389 bits per heavy atom. The van der Waals surface area contributed by atoms with Crippen LogP contribution < -0.4 is 5.32 Å². The zero-order chi connectivity index (χ0) is 79.7. The van der Waals surface area contributed by atoms with Crippen LogP contribution in [0, 0.1) is 0 Å². The maximum atomic E-state index is 10.8. The molecule has 108 heavy (non-hydrogen) atoms. The van der Waals surface area contributed by atoms with Gasteiger partial charge in [-0.05, 0) is 13.5 Å². The number of aliphatic hydroxyl groups is 18. The topological polar surface area (TPSA) is 431 Å². The van der Waals surface area contributed by atoms with Crippen LogP contribution in [0.4, 0.5) is 0 Å². The highest BCUT2D eigenvalue weighted by molar-refractivity contribution is 4.78. The monoisotopic (exact) mass is 1570 g/mol. The molecule has 0 rings (SSSR count). The van der Waals surface area contributed by atoms with Gasteiger partial charge in [0.25, 0.3) is 0 Å². The molecule has 0 aromatic carbocycles. The van der Waals surface area contributed by atoms with Crippen LogP contribution in [0.1, 0.15) is 6.42 Å². The van der Waals surface area contributed by atoms with Crippen LogP contribution in [0.25, 0.3) is 0 Å². The molecular weight excluding hydrogens is 1400 g/mol. The summed E-state index contributed by atoms with van der Waals surface area (Å²) >= 11 is 0. The fraction of sp³-hybridized carbons (Fsp3) is 1.00. The smallest absolute Gasteiger partial charge is 0.0558 e. The van der Waals surface area contributed by atoms with Crippen LogP contribution in [-0.2, 0) is 0 Å². The van der Waals surface area contributed by atoms with Gasteiger partial charge in [0.05, 0.1) is 112 Å². The van der Waals surface area contributed by atoms with E-state index in [-0.39, 0.29) is 119 Å². The second-order valence-electron chi connectivity index (χ2n) is 27.9. The van der Waals surface area contributed by atoms with Crippen molar-refractivity contribution in [2.24, 2.45) is 0 Å². The Morgan fingerprint density at radius 1 is 0.130 bits per heavy atom. The predicted octanol–water partition coefficient (Wildman–Crippen LogP) is -12.4. The molecule has 0 heterocycles. The number of aliphatic hydroxyl groups excluding tert-OH is 18. The van der Waals surface area contributed by atoms with Gasteiger partial charge in [0.1, 0.15) is 0 Å². The summed E-state index contributed by atoms with van der Waals surface area (Å²) in [5, 5.41) is 183. The fourth-order valence-corrected chi connectivity index (χ4v) is 13.1. The van der Waals surface area contributed by atoms with Gasteiger partial charge in [0.15, 0.2) is 0 Å². The van der Waals surface area contributed by atoms with E-state index in [1.54, 1.807) is 0 Å². The number of rotatable bonds is 88. The van der Waals surface area contributed by atoms with E-state index in [0.29, 0.717) is 327 Å². The standard InChI is InChI=1S/C72H164N18O18/c1-74(9-11-86(45-63-99)46-64-100)8-10-78(15-12-75(38-56-92)5-2-55-91)17-18-80(22-28-83(42-60-96)29-23-81(25-35-88(49-67-103)50-68-104)24-31-85(44-62-98)33-37-90(53-71-107)54-72-108)21-27-82(41-59-95)26-19-79(20-30-84(43-61-97)32-36-89(51-69-105)52-70-106)16-13-76(14-34-87(47-65-101)48-66-102)6-3-73-4-7-77(39-57-93)40-58-94/h73,91-108H,2-72H2,1H3. The number of nitrogens with one attached hydrogen (secondary N) is 1. The average molecular weight is 1570 g/mol. The van der Waals surface area contributed by atoms with Gasteiger partial charge < -0.3 is 102 Å². The third-order valence-corrected chi connectivity index (χ3v) is 20.0. The third kappa shape index (κ3) is 60.1. The highest BCUT2D eigenvalue weighted by Gasteiger charge is 2.22. The highest BCUT2D eigenvalue weighted by atomic mass is 16.3. The molecule has 36 nitrogen and oxygen atoms in total. The molecule has 0 saturated carbocycles. The first kappa shape index (κ1) is 107. The molecule has 0 radical (unpaired) electrons. The summed E-state index contributed by atoms with van der Waals surface area (Å²) in [6, 6.07) is 0. The molecule has 650 valence electrons. The Kier molecular flexibility index (Phi) is 77.1. The summed E-state index contributed by atoms with van der Waals surface area (Å²) in [5.74, 6) is 0. The number of hydrogen-bond acceptors (Lipinski definition) is 36. The largest absolute Gasteiger partial charge is 0.396 e. The molecule has 0 aliphatic carbocycles. The number of hydrogen-bond donors (Lipinski definition) is 19. The van der Waals surface area contributed by atoms with E-state index in [2.05, 4.69) is 71.2 Å². The second kappa shape index (κ2) is 78.1. The van der Waals surface area contributed by atoms with Crippen LogP contribution in [0.15, 0.2) is 0 Å². The fourth-order valence-electron chi connectivity index (χ4n) is 13.1. The molecule has 0 spiro atoms. The molecule has 0 bridgehead atoms. The molecule has 0 unspecified atom stereocenters. The molecule has 19 N–H and O–H groups in total. The Morgan fingerprint density at radius 2 is 0.241 bits per heavy atom. The zero-order valence-electron chi connectivity index (χ0n) is 67.4. The molecule has 0 fully saturated rings. The first-order valence-corrected chi connectivity index (χ1v) is 40.7. The van der Waals surface area contributed by atoms with Crippen molar-refractivity contribution >= 4 is 0 Å². The van der Waals surface area contributed by atoms with E-state index in [1.165, 1.54) is 0 Å². The van der Waals surface area contributed by atoms with Gasteiger partial charge in [0.2, 0.25) is 0 Å². The molecule has 0 atom stereocenters. The van der Waals surface area contributed by atoms with Crippen LogP contribution in [0.5, 0.6) is 0 Å². The lowest BCUT2D eigenvalue weighted by molar-refractivity contribution is 0.100. The van der Waals surface area contributed by atoms with Crippen molar-refractivity contribution in [3.63, 3.8) is 0 Å². The summed E-state index contributed by atoms with van der Waals surface area (Å²) < 4.78 is 0. The molecule has 0 aliphatic heterocycles. The minimum atomic E-state index is -0.0684. The van der Waals surface area contributed by atoms with Gasteiger partial charge in [-0.15, -0.1) is 0 Å². The molecule has 36 heteroatoms. The minimum absolute atomic E-state index is 0.00344. The van der Waals surface area contributed by atoms with Gasteiger partial charge in [-0.25, -0.2) is 0 Å². The molecule has 0 aromatic rings. The van der Waals surface area contributed by atoms with Gasteiger partial charge in [-0.3, -0.25) is 78.4 Å². The average Bonchev–Trinajstić information content (AvgIpc) is 0.923. The second-order valence-corrected chi connectivity index (χ2v) is 27.9. The Balaban J connectivity index is 7.65. The number of nitrogens with zero attached hydrogens (tertiary/aromatic N) is 17. The third-order valence-electron chi connectivity index (χ3n) is 20.0. The summed E-state index contributed by atoms with van der Waals surface area (Å²) in [5.41, 5.74) is 0. The van der Waals surface area contributed by atoms with Crippen molar-refractivity contribution in [2.45, 2.75) is 6.42 Å². The van der Waals surface area contributed by atoms with Crippen LogP contribution in [0.3, 0.4) is 0 Å². The maximum absolute atomic E-state index is 10.8. The van der Waals surface area contributed by atoms with Crippen molar-refractivity contribution < 1.29 is 91.9 Å². The van der Waals surface area contributed by atoms with Crippen molar-refractivity contribution in [2.75, 3.05) is 466 Å². The Hall–Kier alpha value is -1.44. The van der Waals surface area contributed by atoms with Gasteiger partial charge in [0, 0.05) is 347 Å². The van der Waals surface area contributed by atoms with Crippen molar-refractivity contribution in [1.82, 2.24) is 88.6 Å².